The van der Waals surface area contributed by atoms with Crippen molar-refractivity contribution < 1.29 is 14.5 Å². The third-order valence-corrected chi connectivity index (χ3v) is 3.27. The molecule has 1 aromatic carbocycles. The molecule has 2 rings (SSSR count). The van der Waals surface area contributed by atoms with Crippen LogP contribution in [0.3, 0.4) is 0 Å². The fourth-order valence-electron chi connectivity index (χ4n) is 2.32. The molecule has 22 heavy (non-hydrogen) atoms. The molecule has 7 heteroatoms. The second-order valence-corrected chi connectivity index (χ2v) is 6.36. The van der Waals surface area contributed by atoms with E-state index >= 15 is 0 Å². The number of nitrogens with one attached hydrogen (secondary N) is 1. The van der Waals surface area contributed by atoms with Crippen LogP contribution < -0.4 is 5.32 Å². The van der Waals surface area contributed by atoms with Gasteiger partial charge >= 0.3 is 6.09 Å². The fourth-order valence-corrected chi connectivity index (χ4v) is 2.32. The molecular formula is C15H21N3O4. The Morgan fingerprint density at radius 2 is 2.18 bits per heavy atom. The molecule has 7 nitrogen and oxygen atoms in total. The topological polar surface area (TPSA) is 84.7 Å². The highest BCUT2D eigenvalue weighted by Crippen LogP contribution is 2.21. The van der Waals surface area contributed by atoms with E-state index in [2.05, 4.69) is 5.32 Å². The lowest BCUT2D eigenvalue weighted by Gasteiger charge is -2.24. The highest BCUT2D eigenvalue weighted by atomic mass is 16.6. The van der Waals surface area contributed by atoms with Gasteiger partial charge in [0.25, 0.3) is 5.69 Å². The Kier molecular flexibility index (Phi) is 4.54. The van der Waals surface area contributed by atoms with Gasteiger partial charge in [-0.1, -0.05) is 6.07 Å². The summed E-state index contributed by atoms with van der Waals surface area (Å²) in [4.78, 5) is 24.0. The van der Waals surface area contributed by atoms with E-state index in [0.717, 1.165) is 6.42 Å². The van der Waals surface area contributed by atoms with Crippen LogP contribution in [0.2, 0.25) is 0 Å². The molecule has 1 heterocycles. The Balaban J connectivity index is 1.92. The minimum atomic E-state index is -0.511. The monoisotopic (exact) mass is 307 g/mol. The molecule has 1 atom stereocenters. The van der Waals surface area contributed by atoms with Crippen LogP contribution >= 0.6 is 0 Å². The summed E-state index contributed by atoms with van der Waals surface area (Å²) >= 11 is 0. The van der Waals surface area contributed by atoms with Crippen molar-refractivity contribution in [3.8, 4) is 0 Å². The van der Waals surface area contributed by atoms with E-state index in [4.69, 9.17) is 4.74 Å². The van der Waals surface area contributed by atoms with Crippen molar-refractivity contribution in [3.63, 3.8) is 0 Å². The number of carbonyl (C=O) groups excluding carboxylic acids is 1. The minimum Gasteiger partial charge on any atom is -0.444 e. The summed E-state index contributed by atoms with van der Waals surface area (Å²) in [5, 5.41) is 14.0. The van der Waals surface area contributed by atoms with Gasteiger partial charge in [-0.2, -0.15) is 0 Å². The average molecular weight is 307 g/mol. The number of benzene rings is 1. The third kappa shape index (κ3) is 4.34. The third-order valence-electron chi connectivity index (χ3n) is 3.27. The number of anilines is 1. The van der Waals surface area contributed by atoms with Crippen molar-refractivity contribution >= 4 is 17.5 Å². The number of non-ortho nitro benzene ring substituents is 1. The van der Waals surface area contributed by atoms with Gasteiger partial charge in [0.1, 0.15) is 5.60 Å². The highest BCUT2D eigenvalue weighted by Gasteiger charge is 2.29. The van der Waals surface area contributed by atoms with Crippen molar-refractivity contribution in [1.82, 2.24) is 4.90 Å². The normalized spacial score (nSPS) is 18.1. The van der Waals surface area contributed by atoms with Crippen LogP contribution in [0.25, 0.3) is 0 Å². The summed E-state index contributed by atoms with van der Waals surface area (Å²) < 4.78 is 5.34. The first kappa shape index (κ1) is 16.1. The van der Waals surface area contributed by atoms with Gasteiger partial charge < -0.3 is 15.0 Å². The molecule has 1 N–H and O–H groups in total. The molecule has 1 unspecified atom stereocenters. The van der Waals surface area contributed by atoms with Gasteiger partial charge in [-0.25, -0.2) is 4.79 Å². The van der Waals surface area contributed by atoms with Crippen LogP contribution in [0.5, 0.6) is 0 Å². The first-order chi connectivity index (χ1) is 10.2. The van der Waals surface area contributed by atoms with E-state index in [1.54, 1.807) is 17.0 Å². The fraction of sp³-hybridized carbons (Fsp3) is 0.533. The van der Waals surface area contributed by atoms with E-state index in [1.165, 1.54) is 12.1 Å². The zero-order valence-corrected chi connectivity index (χ0v) is 13.0. The number of nitro benzene ring substituents is 1. The maximum Gasteiger partial charge on any atom is 0.410 e. The van der Waals surface area contributed by atoms with Crippen LogP contribution in [0.4, 0.5) is 16.2 Å². The summed E-state index contributed by atoms with van der Waals surface area (Å²) in [6.45, 7) is 6.64. The SMILES string of the molecule is CC(C)(C)OC(=O)N1CCC(Nc2cccc([N+](=O)[O-])c2)C1. The van der Waals surface area contributed by atoms with E-state index in [-0.39, 0.29) is 17.8 Å². The Morgan fingerprint density at radius 3 is 2.82 bits per heavy atom. The summed E-state index contributed by atoms with van der Waals surface area (Å²) in [6, 6.07) is 6.43. The number of hydrogen-bond acceptors (Lipinski definition) is 5. The number of carbonyl (C=O) groups is 1. The van der Waals surface area contributed by atoms with E-state index in [1.807, 2.05) is 20.8 Å². The number of nitrogens with zero attached hydrogens (tertiary/aromatic N) is 2. The average Bonchev–Trinajstić information content (AvgIpc) is 2.85. The molecule has 0 spiro atoms. The van der Waals surface area contributed by atoms with Crippen molar-refractivity contribution in [2.75, 3.05) is 18.4 Å². The molecule has 0 bridgehead atoms. The Morgan fingerprint density at radius 1 is 1.45 bits per heavy atom. The lowest BCUT2D eigenvalue weighted by atomic mass is 10.2. The zero-order chi connectivity index (χ0) is 16.3. The van der Waals surface area contributed by atoms with Gasteiger partial charge in [0.05, 0.1) is 4.92 Å². The number of hydrogen-bond donors (Lipinski definition) is 1. The number of nitro groups is 1. The summed E-state index contributed by atoms with van der Waals surface area (Å²) in [7, 11) is 0. The molecular weight excluding hydrogens is 286 g/mol. The summed E-state index contributed by atoms with van der Waals surface area (Å²) in [5.41, 5.74) is 0.222. The van der Waals surface area contributed by atoms with Gasteiger partial charge in [-0.3, -0.25) is 10.1 Å². The Labute approximate surface area is 129 Å². The van der Waals surface area contributed by atoms with Gasteiger partial charge in [-0.05, 0) is 33.3 Å². The molecule has 0 aromatic heterocycles. The van der Waals surface area contributed by atoms with Gasteiger partial charge in [0.2, 0.25) is 0 Å². The lowest BCUT2D eigenvalue weighted by molar-refractivity contribution is -0.384. The molecule has 1 fully saturated rings. The maximum atomic E-state index is 12.0. The lowest BCUT2D eigenvalue weighted by Crippen LogP contribution is -2.36. The zero-order valence-electron chi connectivity index (χ0n) is 13.0. The molecule has 1 amide bonds. The maximum absolute atomic E-state index is 12.0. The van der Waals surface area contributed by atoms with E-state index in [0.29, 0.717) is 18.8 Å². The first-order valence-electron chi connectivity index (χ1n) is 7.23. The predicted octanol–water partition coefficient (Wildman–Crippen LogP) is 3.02. The smallest absolute Gasteiger partial charge is 0.410 e. The van der Waals surface area contributed by atoms with Crippen LogP contribution in [-0.4, -0.2) is 40.6 Å². The highest BCUT2D eigenvalue weighted by molar-refractivity contribution is 5.68. The largest absolute Gasteiger partial charge is 0.444 e. The number of likely N-dealkylation sites (tertiary alicyclic amines) is 1. The van der Waals surface area contributed by atoms with Crippen LogP contribution in [-0.2, 0) is 4.74 Å². The quantitative estimate of drug-likeness (QED) is 0.685. The van der Waals surface area contributed by atoms with Gasteiger partial charge in [0.15, 0.2) is 0 Å². The Hall–Kier alpha value is -2.31. The van der Waals surface area contributed by atoms with Crippen LogP contribution in [0.1, 0.15) is 27.2 Å². The molecule has 0 saturated carbocycles. The molecule has 120 valence electrons. The Bertz CT molecular complexity index is 568. The molecule has 1 saturated heterocycles. The minimum absolute atomic E-state index is 0.0481. The van der Waals surface area contributed by atoms with Gasteiger partial charge in [-0.15, -0.1) is 0 Å². The van der Waals surface area contributed by atoms with Crippen LogP contribution in [0, 0.1) is 10.1 Å². The molecule has 1 aliphatic heterocycles. The molecule has 1 aliphatic rings. The number of ether oxygens (including phenoxy) is 1. The van der Waals surface area contributed by atoms with E-state index < -0.39 is 10.5 Å². The second-order valence-electron chi connectivity index (χ2n) is 6.36. The van der Waals surface area contributed by atoms with Crippen molar-refractivity contribution in [2.45, 2.75) is 38.8 Å². The molecule has 0 aliphatic carbocycles. The summed E-state index contributed by atoms with van der Waals surface area (Å²) in [5.74, 6) is 0. The van der Waals surface area contributed by atoms with Crippen LogP contribution in [0.15, 0.2) is 24.3 Å². The van der Waals surface area contributed by atoms with E-state index in [9.17, 15) is 14.9 Å². The predicted molar refractivity (Wildman–Crippen MR) is 82.9 cm³/mol. The standard InChI is InChI=1S/C15H21N3O4/c1-15(2,3)22-14(19)17-8-7-12(10-17)16-11-5-4-6-13(9-11)18(20)21/h4-6,9,12,16H,7-8,10H2,1-3H3. The molecule has 0 radical (unpaired) electrons. The van der Waals surface area contributed by atoms with Crippen molar-refractivity contribution in [3.05, 3.63) is 34.4 Å². The first-order valence-corrected chi connectivity index (χ1v) is 7.23. The molecule has 1 aromatic rings. The van der Waals surface area contributed by atoms with Crippen molar-refractivity contribution in [2.24, 2.45) is 0 Å². The summed E-state index contributed by atoms with van der Waals surface area (Å²) in [6.07, 6.45) is 0.456. The van der Waals surface area contributed by atoms with Crippen molar-refractivity contribution in [1.29, 1.82) is 0 Å². The number of rotatable bonds is 3. The number of amides is 1. The second kappa shape index (κ2) is 6.21. The van der Waals surface area contributed by atoms with Gasteiger partial charge in [0, 0.05) is 37.0 Å².